The van der Waals surface area contributed by atoms with Crippen LogP contribution in [0.5, 0.6) is 0 Å². The van der Waals surface area contributed by atoms with E-state index in [1.807, 2.05) is 79.7 Å². The zero-order valence-electron chi connectivity index (χ0n) is 80.3. The Hall–Kier alpha value is -8.25. The quantitative estimate of drug-likeness (QED) is 0.00713. The van der Waals surface area contributed by atoms with Crippen molar-refractivity contribution in [3.63, 3.8) is 0 Å². The number of ether oxygens (including phenoxy) is 11. The highest BCUT2D eigenvalue weighted by atomic mass is 16.7. The minimum Gasteiger partial charge on any atom is -0.458 e. The lowest BCUT2D eigenvalue weighted by Gasteiger charge is -2.49. The van der Waals surface area contributed by atoms with E-state index in [0.717, 1.165) is 39.0 Å². The number of hydrogen-bond donors (Lipinski definition) is 3. The summed E-state index contributed by atoms with van der Waals surface area (Å²) in [6.45, 7) is 44.4. The summed E-state index contributed by atoms with van der Waals surface area (Å²) >= 11 is 0. The number of aliphatic hydroxyl groups is 1. The van der Waals surface area contributed by atoms with Crippen LogP contribution in [0.2, 0.25) is 0 Å². The summed E-state index contributed by atoms with van der Waals surface area (Å²) in [7, 11) is 3.35. The SMILES string of the molecule is CC[C@@H](O)[C@@]1(C)OC(=O)N(CCCCN=[N+]=[N-])[C@@H]1[C@@H](C)NC[C@H](C)C[C@@](C)(OC)[C@H](O[C@@H]1O[C@H](C)CC(N(Cc2ccccc2)Cc2ccccc2)C1C)[C@@H](C)C1=C(C)C(=O)OC(C)(C)O1.CC[C@H]1OC(=O)[C@H](C)C(=O)[C@H](C)[C@@H](O[C@@H]2O[C@H](C)CC(N(Cc3ccccc3)Cc3ccccc3)C2C)[C@](C)(OC)C[C@@H](C)CN[C@H](C)[C@H]2N(CCCCN=[N+]=[N-])C(=O)O[C@]12C. The van der Waals surface area contributed by atoms with Crippen LogP contribution >= 0.6 is 0 Å². The van der Waals surface area contributed by atoms with Crippen molar-refractivity contribution in [2.75, 3.05) is 53.5 Å². The average Bonchev–Trinajstić information content (AvgIpc) is 1.59. The molecule has 5 fully saturated rings. The molecule has 29 nitrogen and oxygen atoms in total. The van der Waals surface area contributed by atoms with E-state index < -0.39 is 119 Å². The second kappa shape index (κ2) is 47.2. The van der Waals surface area contributed by atoms with Crippen molar-refractivity contribution in [1.29, 1.82) is 0 Å². The van der Waals surface area contributed by atoms with Gasteiger partial charge in [0.25, 0.3) is 0 Å². The predicted molar refractivity (Wildman–Crippen MR) is 491 cm³/mol. The molecule has 6 heterocycles. The first kappa shape index (κ1) is 103. The van der Waals surface area contributed by atoms with Crippen molar-refractivity contribution in [3.8, 4) is 0 Å². The number of rotatable bonds is 38. The highest BCUT2D eigenvalue weighted by Gasteiger charge is 2.60. The molecule has 4 unspecified atom stereocenters. The molecule has 4 aromatic carbocycles. The zero-order valence-corrected chi connectivity index (χ0v) is 80.3. The van der Waals surface area contributed by atoms with Gasteiger partial charge in [-0.3, -0.25) is 29.2 Å². The first-order valence-electron chi connectivity index (χ1n) is 46.7. The molecule has 29 heteroatoms. The van der Waals surface area contributed by atoms with E-state index in [1.165, 1.54) is 22.3 Å². The van der Waals surface area contributed by atoms with Crippen molar-refractivity contribution in [1.82, 2.24) is 30.2 Å². The smallest absolute Gasteiger partial charge is 0.410 e. The van der Waals surface area contributed by atoms with Gasteiger partial charge in [0.05, 0.1) is 59.4 Å². The molecule has 5 saturated heterocycles. The van der Waals surface area contributed by atoms with Gasteiger partial charge in [-0.1, -0.05) is 187 Å². The number of cyclic esters (lactones) is 3. The fraction of sp³-hybridized carbons (Fsp3) is 0.687. The number of ketones is 1. The molecule has 3 N–H and O–H groups in total. The van der Waals surface area contributed by atoms with Gasteiger partial charge in [-0.25, -0.2) is 14.4 Å². The molecular formula is C99H150N12O17. The maximum atomic E-state index is 14.7. The van der Waals surface area contributed by atoms with Gasteiger partial charge < -0.3 is 67.8 Å². The van der Waals surface area contributed by atoms with Crippen LogP contribution in [-0.4, -0.2) is 222 Å². The van der Waals surface area contributed by atoms with Crippen LogP contribution in [0.4, 0.5) is 9.59 Å². The Morgan fingerprint density at radius 3 is 1.62 bits per heavy atom. The Morgan fingerprint density at radius 2 is 1.15 bits per heavy atom. The molecule has 0 aliphatic carbocycles. The molecule has 25 atom stereocenters. The van der Waals surface area contributed by atoms with E-state index in [1.54, 1.807) is 58.6 Å². The summed E-state index contributed by atoms with van der Waals surface area (Å²) in [6.07, 6.45) is 0.151. The number of azide groups is 2. The Bertz CT molecular complexity index is 4240. The van der Waals surface area contributed by atoms with Gasteiger partial charge in [-0.15, -0.1) is 0 Å². The summed E-state index contributed by atoms with van der Waals surface area (Å²) in [5.74, 6) is -4.72. The lowest BCUT2D eigenvalue weighted by molar-refractivity contribution is -0.287. The Morgan fingerprint density at radius 1 is 0.664 bits per heavy atom. The Labute approximate surface area is 761 Å². The maximum absolute atomic E-state index is 14.7. The maximum Gasteiger partial charge on any atom is 0.410 e. The summed E-state index contributed by atoms with van der Waals surface area (Å²) in [5.41, 5.74) is 18.5. The number of fused-ring (bicyclic) bond motifs is 1. The molecule has 0 radical (unpaired) electrons. The van der Waals surface area contributed by atoms with Crippen LogP contribution in [0.25, 0.3) is 20.9 Å². The monoisotopic (exact) mass is 1780 g/mol. The number of benzene rings is 4. The molecule has 0 bridgehead atoms. The fourth-order valence-electron chi connectivity index (χ4n) is 20.7. The number of amides is 2. The van der Waals surface area contributed by atoms with E-state index >= 15 is 0 Å². The van der Waals surface area contributed by atoms with Crippen LogP contribution < -0.4 is 10.6 Å². The third kappa shape index (κ3) is 26.1. The zero-order chi connectivity index (χ0) is 93.6. The van der Waals surface area contributed by atoms with Gasteiger partial charge >= 0.3 is 24.1 Å². The number of nitrogens with one attached hydrogen (secondary N) is 2. The number of unbranched alkanes of at least 4 members (excludes halogenated alkanes) is 2. The Kier molecular flexibility index (Phi) is 38.2. The number of nitrogens with zero attached hydrogens (tertiary/aromatic N) is 10. The van der Waals surface area contributed by atoms with Crippen LogP contribution in [0.15, 0.2) is 143 Å². The predicted octanol–water partition coefficient (Wildman–Crippen LogP) is 17.8. The van der Waals surface area contributed by atoms with E-state index in [9.17, 15) is 29.1 Å². The number of esters is 2. The summed E-state index contributed by atoms with van der Waals surface area (Å²) < 4.78 is 71.5. The van der Waals surface area contributed by atoms with Gasteiger partial charge in [-0.05, 0) is 192 Å². The number of hydrogen-bond acceptors (Lipinski definition) is 23. The van der Waals surface area contributed by atoms with Gasteiger partial charge in [0.1, 0.15) is 17.8 Å². The second-order valence-electron chi connectivity index (χ2n) is 38.4. The van der Waals surface area contributed by atoms with Crippen LogP contribution in [0.1, 0.15) is 225 Å². The minimum absolute atomic E-state index is 0.000680. The molecule has 0 aromatic heterocycles. The first-order valence-corrected chi connectivity index (χ1v) is 46.7. The van der Waals surface area contributed by atoms with E-state index in [4.69, 9.17) is 63.2 Å². The number of carbonyl (C=O) groups excluding carboxylic acids is 5. The molecule has 6 aliphatic heterocycles. The highest BCUT2D eigenvalue weighted by molar-refractivity contribution is 6.00. The number of methoxy groups -OCH3 is 2. The second-order valence-corrected chi connectivity index (χ2v) is 38.4. The normalized spacial score (nSPS) is 31.1. The molecule has 10 rings (SSSR count). The molecule has 708 valence electrons. The van der Waals surface area contributed by atoms with Gasteiger partial charge in [0, 0.05) is 138 Å². The standard InChI is InChI=1S/C51H78N6O9.C48H72N6O8/c1-13-42(58)51(11)44(57(48(60)66-51)27-21-20-26-54-55-52)38(7)53-30-33(2)29-50(10,61-12)45(36(5)43-37(6)46(59)65-49(8,9)64-43)63-47-35(4)41(28-34(3)62-47)56(31-39-22-16-14-17-23-39)32-40-24-18-15-19-25-40;1-11-40-48(9)42(54(46(57)62-48)25-19-18-24-51-52-49)36(7)50-28-31(2)27-47(8,58-10)43(34(5)41(55)35(6)44(56)60-40)61-45-33(4)39(26-32(3)59-45)53(29-37-20-14-12-15-21-37)30-38-22-16-13-17-23-38/h14-19,22-25,33-36,38,41-42,44-45,47,53,58H,13,20-21,26-32H2,1-12H3;12-17,20-23,31-36,39-40,42-43,45,50H,11,18-19,24-30H2,1-10H3/t33-,34-,35?,36+,38-,41?,42-,44-,45-,47+,50-,51-;31-,32-,33?,34+,35-,36-,39?,40-,42-,43-,45+,47-,48-/m11/s1. The summed E-state index contributed by atoms with van der Waals surface area (Å²) in [6, 6.07) is 40.7. The number of Topliss-reactive ketones (excluding diaryl/α,β-unsaturated/α-hetero) is 1. The van der Waals surface area contributed by atoms with E-state index in [2.05, 4.69) is 186 Å². The van der Waals surface area contributed by atoms with Crippen molar-refractivity contribution in [2.45, 2.75) is 343 Å². The molecular weight excluding hydrogens is 1630 g/mol. The third-order valence-corrected chi connectivity index (χ3v) is 27.6. The number of carbonyl (C=O) groups is 5. The molecule has 4 aromatic rings. The molecule has 0 spiro atoms. The van der Waals surface area contributed by atoms with Crippen molar-refractivity contribution >= 4 is 29.9 Å². The molecule has 128 heavy (non-hydrogen) atoms. The van der Waals surface area contributed by atoms with Crippen molar-refractivity contribution in [3.05, 3.63) is 176 Å². The molecule has 6 aliphatic rings. The van der Waals surface area contributed by atoms with Crippen molar-refractivity contribution < 1.29 is 81.2 Å². The largest absolute Gasteiger partial charge is 0.458 e. The lowest BCUT2D eigenvalue weighted by atomic mass is 9.78. The van der Waals surface area contributed by atoms with Crippen molar-refractivity contribution in [2.24, 2.45) is 51.7 Å². The van der Waals surface area contributed by atoms with Crippen LogP contribution in [0, 0.1) is 41.4 Å². The van der Waals surface area contributed by atoms with Crippen LogP contribution in [0.3, 0.4) is 0 Å². The van der Waals surface area contributed by atoms with E-state index in [0.29, 0.717) is 102 Å². The summed E-state index contributed by atoms with van der Waals surface area (Å²) in [4.78, 5) is 83.3. The topological polar surface area (TPSA) is 342 Å². The minimum atomic E-state index is -1.22. The highest BCUT2D eigenvalue weighted by Crippen LogP contribution is 2.46. The summed E-state index contributed by atoms with van der Waals surface area (Å²) in [5, 5.41) is 25.9. The lowest BCUT2D eigenvalue weighted by Crippen LogP contribution is -2.61. The fourth-order valence-corrected chi connectivity index (χ4v) is 20.7. The van der Waals surface area contributed by atoms with Gasteiger partial charge in [-0.2, -0.15) is 0 Å². The first-order chi connectivity index (χ1) is 60.8. The third-order valence-electron chi connectivity index (χ3n) is 27.6. The number of aliphatic hydroxyl groups excluding tert-OH is 1. The van der Waals surface area contributed by atoms with Crippen LogP contribution in [-0.2, 0) is 92.7 Å². The Balaban J connectivity index is 0.000000290. The van der Waals surface area contributed by atoms with Gasteiger partial charge in [0.15, 0.2) is 29.6 Å². The van der Waals surface area contributed by atoms with Gasteiger partial charge in [0.2, 0.25) is 5.79 Å². The average molecular weight is 1780 g/mol. The molecule has 2 amide bonds. The molecule has 0 saturated carbocycles. The van der Waals surface area contributed by atoms with E-state index in [-0.39, 0.29) is 65.8 Å².